The molecule has 5 rings (SSSR count). The van der Waals surface area contributed by atoms with Crippen LogP contribution in [0.2, 0.25) is 0 Å². The van der Waals surface area contributed by atoms with Crippen LogP contribution in [0.15, 0.2) is 42.5 Å². The number of nitrogen functional groups attached to an aromatic ring is 1. The smallest absolute Gasteiger partial charge is 0.409 e. The first-order valence-electron chi connectivity index (χ1n) is 15.0. The molecule has 11 nitrogen and oxygen atoms in total. The summed E-state index contributed by atoms with van der Waals surface area (Å²) in [6, 6.07) is 14.3. The molecule has 0 saturated carbocycles. The number of anilines is 2. The maximum absolute atomic E-state index is 10.9. The fourth-order valence-electron chi connectivity index (χ4n) is 5.07. The Morgan fingerprint density at radius 1 is 1.07 bits per heavy atom. The quantitative estimate of drug-likeness (QED) is 0.204. The van der Waals surface area contributed by atoms with E-state index in [9.17, 15) is 4.79 Å². The fourth-order valence-corrected chi connectivity index (χ4v) is 5.07. The van der Waals surface area contributed by atoms with Crippen LogP contribution in [0.5, 0.6) is 5.75 Å². The van der Waals surface area contributed by atoms with Crippen LogP contribution in [-0.2, 0) is 17.8 Å². The molecular weight excluding hydrogens is 546 g/mol. The second kappa shape index (κ2) is 17.1. The molecule has 2 aromatic heterocycles. The predicted molar refractivity (Wildman–Crippen MR) is 173 cm³/mol. The molecule has 1 saturated heterocycles. The van der Waals surface area contributed by atoms with E-state index in [1.54, 1.807) is 18.9 Å². The summed E-state index contributed by atoms with van der Waals surface area (Å²) in [7, 11) is 3.12. The van der Waals surface area contributed by atoms with Crippen LogP contribution >= 0.6 is 0 Å². The van der Waals surface area contributed by atoms with Gasteiger partial charge in [0, 0.05) is 43.7 Å². The van der Waals surface area contributed by atoms with Gasteiger partial charge in [0.15, 0.2) is 5.82 Å². The van der Waals surface area contributed by atoms with Crippen molar-refractivity contribution in [3.8, 4) is 5.75 Å². The van der Waals surface area contributed by atoms with Gasteiger partial charge in [-0.1, -0.05) is 37.6 Å². The van der Waals surface area contributed by atoms with Crippen molar-refractivity contribution >= 4 is 39.8 Å². The number of hydrogen-bond donors (Lipinski definition) is 4. The average molecular weight is 594 g/mol. The number of hydrogen-bond acceptors (Lipinski definition) is 9. The van der Waals surface area contributed by atoms with Gasteiger partial charge in [-0.3, -0.25) is 0 Å². The van der Waals surface area contributed by atoms with Gasteiger partial charge in [0.1, 0.15) is 16.8 Å². The Morgan fingerprint density at radius 3 is 2.44 bits per heavy atom. The van der Waals surface area contributed by atoms with E-state index in [4.69, 9.17) is 21.3 Å². The lowest BCUT2D eigenvalue weighted by Gasteiger charge is -2.24. The third-order valence-corrected chi connectivity index (χ3v) is 7.14. The van der Waals surface area contributed by atoms with Crippen LogP contribution in [-0.4, -0.2) is 71.1 Å². The van der Waals surface area contributed by atoms with Crippen molar-refractivity contribution < 1.29 is 19.4 Å². The largest absolute Gasteiger partial charge is 0.496 e. The van der Waals surface area contributed by atoms with Gasteiger partial charge in [0.05, 0.1) is 26.3 Å². The zero-order valence-electron chi connectivity index (χ0n) is 25.9. The molecule has 0 atom stereocenters. The van der Waals surface area contributed by atoms with Crippen molar-refractivity contribution in [2.45, 2.75) is 59.0 Å². The first-order chi connectivity index (χ1) is 20.9. The topological polar surface area (TPSA) is 154 Å². The summed E-state index contributed by atoms with van der Waals surface area (Å²) in [6.07, 6.45) is 5.46. The molecule has 3 heterocycles. The van der Waals surface area contributed by atoms with Gasteiger partial charge in [-0.25, -0.2) is 9.78 Å². The molecule has 2 aromatic carbocycles. The Kier molecular flexibility index (Phi) is 13.3. The Hall–Kier alpha value is -4.09. The molecule has 0 unspecified atom stereocenters. The highest BCUT2D eigenvalue weighted by molar-refractivity contribution is 6.09. The lowest BCUT2D eigenvalue weighted by Crippen LogP contribution is -2.35. The van der Waals surface area contributed by atoms with Crippen molar-refractivity contribution in [3.05, 3.63) is 53.6 Å². The molecule has 0 radical (unpaired) electrons. The molecule has 0 bridgehead atoms. The maximum Gasteiger partial charge on any atom is 0.409 e. The number of nitrogens with zero attached hydrogens (tertiary/aromatic N) is 4. The van der Waals surface area contributed by atoms with Crippen LogP contribution in [0, 0.1) is 0 Å². The van der Waals surface area contributed by atoms with Crippen LogP contribution in [0.4, 0.5) is 16.6 Å². The van der Waals surface area contributed by atoms with E-state index in [0.29, 0.717) is 13.1 Å². The molecule has 0 spiro atoms. The van der Waals surface area contributed by atoms with E-state index in [0.717, 1.165) is 89.9 Å². The number of fused-ring (bicyclic) bond motifs is 3. The van der Waals surface area contributed by atoms with E-state index in [1.807, 2.05) is 24.3 Å². The van der Waals surface area contributed by atoms with E-state index in [1.165, 1.54) is 13.5 Å². The molecule has 1 amide bonds. The third-order valence-electron chi connectivity index (χ3n) is 7.14. The number of nitrogens with one attached hydrogen (secondary N) is 1. The van der Waals surface area contributed by atoms with Crippen molar-refractivity contribution in [3.63, 3.8) is 0 Å². The van der Waals surface area contributed by atoms with Crippen LogP contribution in [0.3, 0.4) is 0 Å². The van der Waals surface area contributed by atoms with Gasteiger partial charge in [0.25, 0.3) is 0 Å². The highest BCUT2D eigenvalue weighted by Crippen LogP contribution is 2.34. The van der Waals surface area contributed by atoms with E-state index in [-0.39, 0.29) is 18.6 Å². The first kappa shape index (κ1) is 33.4. The Morgan fingerprint density at radius 2 is 1.79 bits per heavy atom. The molecule has 1 aliphatic rings. The van der Waals surface area contributed by atoms with Crippen LogP contribution < -0.4 is 21.5 Å². The number of carbonyl (C=O) groups excluding carboxylic acids is 1. The van der Waals surface area contributed by atoms with Gasteiger partial charge in [0.2, 0.25) is 5.95 Å². The van der Waals surface area contributed by atoms with Crippen LogP contribution in [0.25, 0.3) is 21.9 Å². The number of methoxy groups -OCH3 is 2. The molecular formula is C32H47N7O4. The number of aliphatic hydroxyl groups excluding tert-OH is 1. The maximum atomic E-state index is 10.9. The van der Waals surface area contributed by atoms with E-state index < -0.39 is 0 Å². The van der Waals surface area contributed by atoms with Gasteiger partial charge in [-0.15, -0.1) is 0 Å². The zero-order valence-corrected chi connectivity index (χ0v) is 25.9. The summed E-state index contributed by atoms with van der Waals surface area (Å²) >= 11 is 0. The third kappa shape index (κ3) is 8.71. The lowest BCUT2D eigenvalue weighted by molar-refractivity contribution is 0.115. The molecule has 4 aromatic rings. The second-order valence-corrected chi connectivity index (χ2v) is 10.2. The van der Waals surface area contributed by atoms with Gasteiger partial charge < -0.3 is 40.8 Å². The minimum Gasteiger partial charge on any atom is -0.496 e. The summed E-state index contributed by atoms with van der Waals surface area (Å²) in [4.78, 5) is 21.7. The highest BCUT2D eigenvalue weighted by atomic mass is 16.5. The highest BCUT2D eigenvalue weighted by Gasteiger charge is 2.19. The zero-order chi connectivity index (χ0) is 31.2. The predicted octanol–water partition coefficient (Wildman–Crippen LogP) is 5.13. The summed E-state index contributed by atoms with van der Waals surface area (Å²) in [5, 5.41) is 12.1. The SMILES string of the molecule is CCCCNc1nc(N)nc2c3ccccc3n(Cc3cc(CN)ccc3OC)c12.CCO.COC(=O)N1CCCCC1. The van der Waals surface area contributed by atoms with E-state index in [2.05, 4.69) is 49.7 Å². The molecule has 234 valence electrons. The number of aliphatic hydroxyl groups is 1. The number of likely N-dealkylation sites (tertiary alicyclic amines) is 1. The van der Waals surface area contributed by atoms with Gasteiger partial charge in [-0.05, 0) is 56.4 Å². The second-order valence-electron chi connectivity index (χ2n) is 10.2. The molecule has 0 aliphatic carbocycles. The number of nitrogens with two attached hydrogens (primary N) is 2. The lowest BCUT2D eigenvalue weighted by atomic mass is 10.1. The number of amides is 1. The minimum atomic E-state index is -0.181. The molecule has 11 heteroatoms. The monoisotopic (exact) mass is 593 g/mol. The Bertz CT molecular complexity index is 1450. The summed E-state index contributed by atoms with van der Waals surface area (Å²) in [6.45, 7) is 7.75. The van der Waals surface area contributed by atoms with Crippen molar-refractivity contribution in [2.24, 2.45) is 5.73 Å². The number of aromatic nitrogens is 3. The number of rotatable bonds is 8. The first-order valence-corrected chi connectivity index (χ1v) is 15.0. The van der Waals surface area contributed by atoms with Gasteiger partial charge >= 0.3 is 6.09 Å². The molecule has 1 aliphatic heterocycles. The van der Waals surface area contributed by atoms with Crippen molar-refractivity contribution in [1.29, 1.82) is 0 Å². The normalized spacial score (nSPS) is 12.7. The number of piperidine rings is 1. The molecule has 43 heavy (non-hydrogen) atoms. The summed E-state index contributed by atoms with van der Waals surface area (Å²) in [5.41, 5.74) is 16.9. The number of benzene rings is 2. The number of para-hydroxylation sites is 1. The number of ether oxygens (including phenoxy) is 2. The van der Waals surface area contributed by atoms with Crippen molar-refractivity contribution in [1.82, 2.24) is 19.4 Å². The van der Waals surface area contributed by atoms with Crippen molar-refractivity contribution in [2.75, 3.05) is 51.5 Å². The summed E-state index contributed by atoms with van der Waals surface area (Å²) < 4.78 is 12.4. The molecule has 1 fully saturated rings. The van der Waals surface area contributed by atoms with Gasteiger partial charge in [-0.2, -0.15) is 4.98 Å². The fraction of sp³-hybridized carbons (Fsp3) is 0.469. The average Bonchev–Trinajstić information content (AvgIpc) is 3.34. The summed E-state index contributed by atoms with van der Waals surface area (Å²) in [5.74, 6) is 1.86. The minimum absolute atomic E-state index is 0.181. The van der Waals surface area contributed by atoms with Crippen LogP contribution in [0.1, 0.15) is 57.1 Å². The van der Waals surface area contributed by atoms with E-state index >= 15 is 0 Å². The molecule has 6 N–H and O–H groups in total. The number of carbonyl (C=O) groups is 1. The Labute approximate surface area is 254 Å². The Balaban J connectivity index is 0.000000325. The standard InChI is InChI=1S/C23H28N6O.C7H13NO2.C2H6O/c1-3-4-11-26-22-21-20(27-23(25)28-22)17-7-5-6-8-18(17)29(21)14-16-12-15(13-24)9-10-19(16)30-2;1-10-7(9)8-5-3-2-4-6-8;1-2-3/h5-10,12H,3-4,11,13-14,24H2,1-2H3,(H3,25,26,27,28);2-6H2,1H3;3H,2H2,1H3. The number of unbranched alkanes of at least 4 members (excludes halogenated alkanes) is 1.